The fourth-order valence-electron chi connectivity index (χ4n) is 3.68. The molecule has 2 N–H and O–H groups in total. The molecule has 1 aromatic carbocycles. The van der Waals surface area contributed by atoms with Crippen LogP contribution < -0.4 is 15.6 Å². The van der Waals surface area contributed by atoms with E-state index >= 15 is 0 Å². The summed E-state index contributed by atoms with van der Waals surface area (Å²) in [7, 11) is 0. The second-order valence-electron chi connectivity index (χ2n) is 7.28. The molecule has 7 heteroatoms. The number of rotatable bonds is 4. The lowest BCUT2D eigenvalue weighted by Crippen LogP contribution is -2.58. The minimum absolute atomic E-state index is 0.238. The highest BCUT2D eigenvalue weighted by molar-refractivity contribution is 5.97. The van der Waals surface area contributed by atoms with Crippen molar-refractivity contribution in [3.63, 3.8) is 0 Å². The van der Waals surface area contributed by atoms with Gasteiger partial charge in [0.25, 0.3) is 11.8 Å². The standard InChI is InChI=1S/C18H22N2O5/c1-16(2)17(3)9-10-18(16,25-15(17)23)14(22)20-19-13(21)11-24-12-7-5-4-6-8-12/h4-8H,9-11H2,1-3H3,(H,19,21)(H,20,22)/t17-,18-/m0/s1. The number of nitrogens with one attached hydrogen (secondary N) is 2. The van der Waals surface area contributed by atoms with E-state index in [1.165, 1.54) is 0 Å². The van der Waals surface area contributed by atoms with E-state index in [1.807, 2.05) is 26.8 Å². The van der Waals surface area contributed by atoms with Gasteiger partial charge in [-0.1, -0.05) is 32.0 Å². The zero-order chi connectivity index (χ0) is 18.3. The molecule has 0 unspecified atom stereocenters. The lowest BCUT2D eigenvalue weighted by Gasteiger charge is -2.35. The molecule has 1 aliphatic heterocycles. The van der Waals surface area contributed by atoms with Crippen LogP contribution in [0.5, 0.6) is 5.75 Å². The number of para-hydroxylation sites is 1. The summed E-state index contributed by atoms with van der Waals surface area (Å²) >= 11 is 0. The zero-order valence-electron chi connectivity index (χ0n) is 14.5. The SMILES string of the molecule is CC1(C)[C@@]2(C)CC[C@@]1(C(=O)NNC(=O)COc1ccccc1)OC2=O. The van der Waals surface area contributed by atoms with Crippen LogP contribution in [0.3, 0.4) is 0 Å². The largest absolute Gasteiger partial charge is 0.484 e. The molecule has 3 rings (SSSR count). The van der Waals surface area contributed by atoms with Gasteiger partial charge in [-0.3, -0.25) is 25.2 Å². The Labute approximate surface area is 146 Å². The normalized spacial score (nSPS) is 29.0. The summed E-state index contributed by atoms with van der Waals surface area (Å²) in [6.07, 6.45) is 1.02. The summed E-state index contributed by atoms with van der Waals surface area (Å²) in [6, 6.07) is 8.88. The second-order valence-corrected chi connectivity index (χ2v) is 7.28. The average Bonchev–Trinajstić information content (AvgIpc) is 2.89. The molecule has 134 valence electrons. The molecular weight excluding hydrogens is 324 g/mol. The first-order chi connectivity index (χ1) is 11.7. The van der Waals surface area contributed by atoms with Crippen molar-refractivity contribution in [1.29, 1.82) is 0 Å². The molecule has 2 amide bonds. The summed E-state index contributed by atoms with van der Waals surface area (Å²) in [6.45, 7) is 5.29. The van der Waals surface area contributed by atoms with Crippen LogP contribution in [0.4, 0.5) is 0 Å². The third-order valence-corrected chi connectivity index (χ3v) is 5.88. The van der Waals surface area contributed by atoms with Gasteiger partial charge >= 0.3 is 5.97 Å². The Bertz CT molecular complexity index is 717. The van der Waals surface area contributed by atoms with E-state index in [-0.39, 0.29) is 12.6 Å². The van der Waals surface area contributed by atoms with Gasteiger partial charge in [-0.2, -0.15) is 0 Å². The van der Waals surface area contributed by atoms with Crippen LogP contribution in [0.25, 0.3) is 0 Å². The van der Waals surface area contributed by atoms with Crippen molar-refractivity contribution < 1.29 is 23.9 Å². The van der Waals surface area contributed by atoms with Crippen LogP contribution >= 0.6 is 0 Å². The number of esters is 1. The molecule has 1 aliphatic carbocycles. The van der Waals surface area contributed by atoms with E-state index in [9.17, 15) is 14.4 Å². The number of hydrogen-bond acceptors (Lipinski definition) is 5. The lowest BCUT2D eigenvalue weighted by atomic mass is 9.66. The first kappa shape index (κ1) is 17.3. The average molecular weight is 346 g/mol. The van der Waals surface area contributed by atoms with E-state index < -0.39 is 28.2 Å². The monoisotopic (exact) mass is 346 g/mol. The number of amides is 2. The maximum absolute atomic E-state index is 12.7. The van der Waals surface area contributed by atoms with Gasteiger partial charge in [0.15, 0.2) is 12.2 Å². The Hall–Kier alpha value is -2.57. The number of ether oxygens (including phenoxy) is 2. The fourth-order valence-corrected chi connectivity index (χ4v) is 3.68. The molecular formula is C18H22N2O5. The van der Waals surface area contributed by atoms with Crippen LogP contribution in [-0.2, 0) is 19.1 Å². The first-order valence-electron chi connectivity index (χ1n) is 8.23. The van der Waals surface area contributed by atoms with Gasteiger partial charge in [0.2, 0.25) is 0 Å². The van der Waals surface area contributed by atoms with Crippen molar-refractivity contribution in [2.24, 2.45) is 10.8 Å². The van der Waals surface area contributed by atoms with E-state index in [0.717, 1.165) is 0 Å². The molecule has 1 aromatic rings. The summed E-state index contributed by atoms with van der Waals surface area (Å²) in [5.41, 5.74) is 2.09. The van der Waals surface area contributed by atoms with Crippen LogP contribution in [0.1, 0.15) is 33.6 Å². The molecule has 0 radical (unpaired) electrons. The second kappa shape index (κ2) is 5.75. The number of fused-ring (bicyclic) bond motifs is 2. The molecule has 2 bridgehead atoms. The maximum atomic E-state index is 12.7. The highest BCUT2D eigenvalue weighted by Crippen LogP contribution is 2.65. The molecule has 2 fully saturated rings. The van der Waals surface area contributed by atoms with Gasteiger partial charge in [-0.25, -0.2) is 0 Å². The van der Waals surface area contributed by atoms with Crippen LogP contribution in [0.2, 0.25) is 0 Å². The number of carbonyl (C=O) groups is 3. The van der Waals surface area contributed by atoms with Gasteiger partial charge < -0.3 is 9.47 Å². The third kappa shape index (κ3) is 2.45. The minimum atomic E-state index is -1.26. The molecule has 0 aromatic heterocycles. The lowest BCUT2D eigenvalue weighted by molar-refractivity contribution is -0.169. The molecule has 0 spiro atoms. The van der Waals surface area contributed by atoms with E-state index in [1.54, 1.807) is 24.3 Å². The summed E-state index contributed by atoms with van der Waals surface area (Å²) in [4.78, 5) is 36.7. The number of carbonyl (C=O) groups excluding carboxylic acids is 3. The molecule has 7 nitrogen and oxygen atoms in total. The fraction of sp³-hybridized carbons (Fsp3) is 0.500. The Balaban J connectivity index is 1.58. The first-order valence-corrected chi connectivity index (χ1v) is 8.23. The van der Waals surface area contributed by atoms with E-state index in [0.29, 0.717) is 18.6 Å². The van der Waals surface area contributed by atoms with E-state index in [4.69, 9.17) is 9.47 Å². The summed E-state index contributed by atoms with van der Waals surface area (Å²) in [5, 5.41) is 0. The van der Waals surface area contributed by atoms with Crippen molar-refractivity contribution in [2.75, 3.05) is 6.61 Å². The van der Waals surface area contributed by atoms with Gasteiger partial charge in [0, 0.05) is 5.41 Å². The van der Waals surface area contributed by atoms with Crippen molar-refractivity contribution in [1.82, 2.24) is 10.9 Å². The Kier molecular flexibility index (Phi) is 3.97. The topological polar surface area (TPSA) is 93.7 Å². The number of benzene rings is 1. The van der Waals surface area contributed by atoms with Gasteiger partial charge in [-0.15, -0.1) is 0 Å². The van der Waals surface area contributed by atoms with Gasteiger partial charge in [-0.05, 0) is 31.9 Å². The zero-order valence-corrected chi connectivity index (χ0v) is 14.5. The highest BCUT2D eigenvalue weighted by atomic mass is 16.6. The summed E-state index contributed by atoms with van der Waals surface area (Å²) in [5.74, 6) is -0.825. The molecule has 2 atom stereocenters. The van der Waals surface area contributed by atoms with Crippen molar-refractivity contribution >= 4 is 17.8 Å². The van der Waals surface area contributed by atoms with Crippen LogP contribution in [-0.4, -0.2) is 30.0 Å². The predicted molar refractivity (Wildman–Crippen MR) is 88.2 cm³/mol. The molecule has 2 aliphatic rings. The number of hydrogen-bond donors (Lipinski definition) is 2. The quantitative estimate of drug-likeness (QED) is 0.634. The predicted octanol–water partition coefficient (Wildman–Crippen LogP) is 1.33. The van der Waals surface area contributed by atoms with Gasteiger partial charge in [0.1, 0.15) is 5.75 Å². The molecule has 1 saturated heterocycles. The highest BCUT2D eigenvalue weighted by Gasteiger charge is 2.75. The Morgan fingerprint density at radius 3 is 2.36 bits per heavy atom. The Morgan fingerprint density at radius 2 is 1.80 bits per heavy atom. The van der Waals surface area contributed by atoms with Crippen LogP contribution in [0, 0.1) is 10.8 Å². The molecule has 25 heavy (non-hydrogen) atoms. The Morgan fingerprint density at radius 1 is 1.12 bits per heavy atom. The van der Waals surface area contributed by atoms with Crippen molar-refractivity contribution in [3.05, 3.63) is 30.3 Å². The maximum Gasteiger partial charge on any atom is 0.313 e. The minimum Gasteiger partial charge on any atom is -0.484 e. The van der Waals surface area contributed by atoms with Crippen LogP contribution in [0.15, 0.2) is 30.3 Å². The smallest absolute Gasteiger partial charge is 0.313 e. The third-order valence-electron chi connectivity index (χ3n) is 5.88. The van der Waals surface area contributed by atoms with E-state index in [2.05, 4.69) is 10.9 Å². The van der Waals surface area contributed by atoms with Gasteiger partial charge in [0.05, 0.1) is 5.41 Å². The number of hydrazine groups is 1. The molecule has 1 saturated carbocycles. The molecule has 1 heterocycles. The van der Waals surface area contributed by atoms with Crippen molar-refractivity contribution in [3.8, 4) is 5.75 Å². The van der Waals surface area contributed by atoms with Crippen molar-refractivity contribution in [2.45, 2.75) is 39.2 Å². The summed E-state index contributed by atoms with van der Waals surface area (Å²) < 4.78 is 10.8.